The van der Waals surface area contributed by atoms with E-state index in [2.05, 4.69) is 71.3 Å². The zero-order chi connectivity index (χ0) is 40.4. The van der Waals surface area contributed by atoms with Gasteiger partial charge in [0.1, 0.15) is 11.2 Å². The fourth-order valence-corrected chi connectivity index (χ4v) is 7.72. The van der Waals surface area contributed by atoms with Crippen LogP contribution in [0, 0.1) is 0 Å². The highest BCUT2D eigenvalue weighted by Gasteiger charge is 2.20. The number of hydrogen-bond acceptors (Lipinski definition) is 1. The van der Waals surface area contributed by atoms with Gasteiger partial charge in [-0.05, 0) is 82.9 Å². The highest BCUT2D eigenvalue weighted by atomic mass is 16.3. The summed E-state index contributed by atoms with van der Waals surface area (Å²) >= 11 is 0. The minimum absolute atomic E-state index is 0.0402. The van der Waals surface area contributed by atoms with E-state index in [1.54, 1.807) is 4.57 Å². The molecule has 0 atom stereocenters. The van der Waals surface area contributed by atoms with Gasteiger partial charge in [0, 0.05) is 32.6 Å². The topological polar surface area (TPSA) is 23.0 Å². The third-order valence-electron chi connectivity index (χ3n) is 9.97. The molecule has 11 aromatic rings. The summed E-state index contributed by atoms with van der Waals surface area (Å²) < 4.78 is 80.3. The molecular weight excluding hydrogens is 621 g/mol. The lowest BCUT2D eigenvalue weighted by Crippen LogP contribution is -1.97. The average molecular weight is 659 g/mol. The molecule has 0 amide bonds. The van der Waals surface area contributed by atoms with Crippen LogP contribution in [0.1, 0.15) is 11.0 Å². The van der Waals surface area contributed by atoms with Crippen LogP contribution in [0.5, 0.6) is 0 Å². The number of rotatable bonds is 4. The van der Waals surface area contributed by atoms with Crippen molar-refractivity contribution in [2.45, 2.75) is 0 Å². The summed E-state index contributed by atoms with van der Waals surface area (Å²) in [7, 11) is 0. The van der Waals surface area contributed by atoms with Crippen molar-refractivity contribution in [1.29, 1.82) is 0 Å². The normalized spacial score (nSPS) is 14.1. The van der Waals surface area contributed by atoms with Gasteiger partial charge in [0.05, 0.1) is 44.1 Å². The second-order valence-corrected chi connectivity index (χ2v) is 12.7. The zero-order valence-electron chi connectivity index (χ0n) is 35.0. The molecule has 0 aliphatic carbocycles. The van der Waals surface area contributed by atoms with Crippen LogP contribution in [0.15, 0.2) is 186 Å². The molecular formula is C48H30N2O. The number of hydrogen-bond donors (Lipinski definition) is 0. The van der Waals surface area contributed by atoms with Crippen LogP contribution in [0.2, 0.25) is 0 Å². The van der Waals surface area contributed by atoms with Gasteiger partial charge >= 0.3 is 0 Å². The van der Waals surface area contributed by atoms with Gasteiger partial charge in [-0.3, -0.25) is 0 Å². The van der Waals surface area contributed by atoms with Gasteiger partial charge in [-0.25, -0.2) is 0 Å². The van der Waals surface area contributed by atoms with E-state index in [0.29, 0.717) is 11.3 Å². The molecule has 51 heavy (non-hydrogen) atoms. The maximum atomic E-state index is 9.06. The zero-order valence-corrected chi connectivity index (χ0v) is 27.0. The van der Waals surface area contributed by atoms with Crippen molar-refractivity contribution in [1.82, 2.24) is 9.13 Å². The number of benzene rings is 8. The largest absolute Gasteiger partial charge is 0.456 e. The summed E-state index contributed by atoms with van der Waals surface area (Å²) in [4.78, 5) is 0. The van der Waals surface area contributed by atoms with E-state index in [1.165, 1.54) is 0 Å². The van der Waals surface area contributed by atoms with Crippen LogP contribution >= 0.6 is 0 Å². The Hall–Kier alpha value is -6.84. The Labute approximate surface area is 305 Å². The number of aromatic nitrogens is 2. The van der Waals surface area contributed by atoms with Crippen LogP contribution in [0.25, 0.3) is 99.2 Å². The summed E-state index contributed by atoms with van der Waals surface area (Å²) in [6.45, 7) is 0. The van der Waals surface area contributed by atoms with Crippen molar-refractivity contribution in [3.05, 3.63) is 182 Å². The number of para-hydroxylation sites is 3. The van der Waals surface area contributed by atoms with Gasteiger partial charge in [0.25, 0.3) is 0 Å². The first-order valence-electron chi connectivity index (χ1n) is 20.8. The molecule has 0 bridgehead atoms. The third-order valence-corrected chi connectivity index (χ3v) is 9.97. The van der Waals surface area contributed by atoms with Gasteiger partial charge in [-0.2, -0.15) is 0 Å². The van der Waals surface area contributed by atoms with Gasteiger partial charge in [0.15, 0.2) is 0 Å². The highest BCUT2D eigenvalue weighted by molar-refractivity contribution is 6.15. The third kappa shape index (κ3) is 4.19. The highest BCUT2D eigenvalue weighted by Crippen LogP contribution is 2.41. The lowest BCUT2D eigenvalue weighted by atomic mass is 9.98. The first kappa shape index (κ1) is 21.3. The first-order chi connectivity index (χ1) is 28.6. The van der Waals surface area contributed by atoms with E-state index < -0.39 is 24.2 Å². The van der Waals surface area contributed by atoms with Crippen molar-refractivity contribution in [2.75, 3.05) is 0 Å². The second-order valence-electron chi connectivity index (χ2n) is 12.7. The summed E-state index contributed by atoms with van der Waals surface area (Å²) in [6, 6.07) is 41.6. The van der Waals surface area contributed by atoms with E-state index >= 15 is 0 Å². The quantitative estimate of drug-likeness (QED) is 0.185. The summed E-state index contributed by atoms with van der Waals surface area (Å²) in [5.74, 6) is 0. The van der Waals surface area contributed by atoms with E-state index in [-0.39, 0.29) is 46.0 Å². The predicted molar refractivity (Wildman–Crippen MR) is 213 cm³/mol. The SMILES string of the molecule is [2H]c1c([2H])c([2H])c2c(c1[2H])c1c([2H])c([2H])c([2H])c([2H])c1n2-c1ccc2c3ccccc3n(-c3cccc4oc5ccc(-c6cccc(-c7ccccc7)c6)cc5c34)c2c1. The van der Waals surface area contributed by atoms with Crippen LogP contribution < -0.4 is 0 Å². The Kier molecular flexibility index (Phi) is 4.52. The fourth-order valence-electron chi connectivity index (χ4n) is 7.72. The molecule has 3 heterocycles. The lowest BCUT2D eigenvalue weighted by Gasteiger charge is -2.12. The van der Waals surface area contributed by atoms with Crippen molar-refractivity contribution in [3.63, 3.8) is 0 Å². The predicted octanol–water partition coefficient (Wildman–Crippen LogP) is 13.1. The molecule has 0 spiro atoms. The maximum Gasteiger partial charge on any atom is 0.137 e. The Morgan fingerprint density at radius 3 is 1.88 bits per heavy atom. The Balaban J connectivity index is 1.21. The van der Waals surface area contributed by atoms with Crippen molar-refractivity contribution in [2.24, 2.45) is 0 Å². The molecule has 3 nitrogen and oxygen atoms in total. The Morgan fingerprint density at radius 2 is 1.06 bits per heavy atom. The smallest absolute Gasteiger partial charge is 0.137 e. The first-order valence-corrected chi connectivity index (χ1v) is 16.8. The molecule has 11 rings (SSSR count). The molecule has 0 saturated carbocycles. The van der Waals surface area contributed by atoms with Crippen LogP contribution in [0.4, 0.5) is 0 Å². The van der Waals surface area contributed by atoms with Gasteiger partial charge in [-0.15, -0.1) is 0 Å². The molecule has 0 N–H and O–H groups in total. The number of furan rings is 1. The molecule has 0 saturated heterocycles. The molecule has 3 heteroatoms. The van der Waals surface area contributed by atoms with E-state index in [9.17, 15) is 0 Å². The summed E-state index contributed by atoms with van der Waals surface area (Å²) in [5.41, 5.74) is 9.03. The van der Waals surface area contributed by atoms with E-state index in [1.807, 2.05) is 66.7 Å². The molecule has 0 unspecified atom stereocenters. The fraction of sp³-hybridized carbons (Fsp3) is 0. The molecule has 238 valence electrons. The molecule has 3 aromatic heterocycles. The van der Waals surface area contributed by atoms with Crippen molar-refractivity contribution < 1.29 is 15.4 Å². The standard InChI is InChI=1S/C48H30N2O/c1-2-12-31(13-3-1)32-14-10-15-33(28-32)34-24-27-46-40(29-34)48-44(22-11-23-47(48)51-46)50-43-21-9-6-18-38(43)39-26-25-35(30-45(39)50)49-41-19-7-4-16-36(41)37-17-5-8-20-42(37)49/h1-30H/i4D,5D,7D,8D,16D,17D,19D,20D. The molecule has 0 aliphatic heterocycles. The van der Waals surface area contributed by atoms with Crippen LogP contribution in [0.3, 0.4) is 0 Å². The molecule has 0 radical (unpaired) electrons. The van der Waals surface area contributed by atoms with Crippen molar-refractivity contribution >= 4 is 65.6 Å². The van der Waals surface area contributed by atoms with Gasteiger partial charge in [0.2, 0.25) is 0 Å². The minimum Gasteiger partial charge on any atom is -0.456 e. The lowest BCUT2D eigenvalue weighted by molar-refractivity contribution is 0.669. The average Bonchev–Trinajstić information content (AvgIpc) is 3.94. The molecule has 0 aliphatic rings. The Bertz CT molecular complexity index is 3530. The van der Waals surface area contributed by atoms with E-state index in [4.69, 9.17) is 15.4 Å². The minimum atomic E-state index is -0.475. The summed E-state index contributed by atoms with van der Waals surface area (Å²) in [5, 5.41) is 3.85. The second kappa shape index (κ2) is 10.8. The Morgan fingerprint density at radius 1 is 0.392 bits per heavy atom. The van der Waals surface area contributed by atoms with Crippen LogP contribution in [-0.2, 0) is 0 Å². The molecule has 0 fully saturated rings. The monoisotopic (exact) mass is 658 g/mol. The van der Waals surface area contributed by atoms with Crippen molar-refractivity contribution in [3.8, 4) is 33.6 Å². The maximum absolute atomic E-state index is 9.06. The van der Waals surface area contributed by atoms with E-state index in [0.717, 1.165) is 66.1 Å². The number of fused-ring (bicyclic) bond motifs is 9. The van der Waals surface area contributed by atoms with Gasteiger partial charge < -0.3 is 13.6 Å². The summed E-state index contributed by atoms with van der Waals surface area (Å²) in [6.07, 6.45) is 0. The van der Waals surface area contributed by atoms with Crippen LogP contribution in [-0.4, -0.2) is 9.13 Å². The number of nitrogens with zero attached hydrogens (tertiary/aromatic N) is 2. The van der Waals surface area contributed by atoms with Gasteiger partial charge in [-0.1, -0.05) is 121 Å². The molecule has 8 aromatic carbocycles.